The molecule has 586 valence electrons. The molecule has 0 aromatic carbocycles. The van der Waals surface area contributed by atoms with E-state index in [-0.39, 0.29) is 25.7 Å². The first-order chi connectivity index (χ1) is 49.7. The molecular formula is C83H142O17P2. The monoisotopic (exact) mass is 1470 g/mol. The van der Waals surface area contributed by atoms with Gasteiger partial charge in [0.15, 0.2) is 12.2 Å². The summed E-state index contributed by atoms with van der Waals surface area (Å²) in [5.41, 5.74) is 0. The van der Waals surface area contributed by atoms with Crippen molar-refractivity contribution >= 4 is 39.5 Å². The first-order valence-electron chi connectivity index (χ1n) is 39.8. The van der Waals surface area contributed by atoms with Gasteiger partial charge in [-0.3, -0.25) is 37.3 Å². The van der Waals surface area contributed by atoms with E-state index in [1.165, 1.54) is 96.3 Å². The van der Waals surface area contributed by atoms with Crippen LogP contribution in [0.4, 0.5) is 0 Å². The summed E-state index contributed by atoms with van der Waals surface area (Å²) in [5, 5.41) is 10.6. The number of ether oxygens (including phenoxy) is 4. The molecule has 19 heteroatoms. The van der Waals surface area contributed by atoms with Crippen LogP contribution in [0.2, 0.25) is 0 Å². The fraction of sp³-hybridized carbons (Fsp3) is 0.711. The van der Waals surface area contributed by atoms with Gasteiger partial charge in [-0.25, -0.2) is 9.13 Å². The molecule has 0 saturated carbocycles. The Kier molecular flexibility index (Phi) is 71.4. The molecule has 3 N–H and O–H groups in total. The van der Waals surface area contributed by atoms with Crippen LogP contribution < -0.4 is 0 Å². The summed E-state index contributed by atoms with van der Waals surface area (Å²) in [6.07, 6.45) is 81.8. The Morgan fingerprint density at radius 1 is 0.284 bits per heavy atom. The third kappa shape index (κ3) is 73.8. The van der Waals surface area contributed by atoms with Crippen molar-refractivity contribution in [2.75, 3.05) is 39.6 Å². The average Bonchev–Trinajstić information content (AvgIpc) is 0.923. The van der Waals surface area contributed by atoms with Gasteiger partial charge in [-0.15, -0.1) is 0 Å². The predicted octanol–water partition coefficient (Wildman–Crippen LogP) is 23.1. The van der Waals surface area contributed by atoms with Crippen molar-refractivity contribution in [1.29, 1.82) is 0 Å². The molecule has 0 aliphatic heterocycles. The van der Waals surface area contributed by atoms with E-state index in [4.69, 9.17) is 37.0 Å². The van der Waals surface area contributed by atoms with Crippen LogP contribution in [0.3, 0.4) is 0 Å². The third-order valence-corrected chi connectivity index (χ3v) is 18.4. The number of aliphatic hydroxyl groups excluding tert-OH is 1. The van der Waals surface area contributed by atoms with Crippen molar-refractivity contribution in [3.8, 4) is 0 Å². The lowest BCUT2D eigenvalue weighted by molar-refractivity contribution is -0.161. The Morgan fingerprint density at radius 3 is 0.853 bits per heavy atom. The summed E-state index contributed by atoms with van der Waals surface area (Å²) < 4.78 is 68.5. The van der Waals surface area contributed by atoms with Gasteiger partial charge >= 0.3 is 39.5 Å². The van der Waals surface area contributed by atoms with Crippen molar-refractivity contribution in [3.63, 3.8) is 0 Å². The van der Waals surface area contributed by atoms with Crippen molar-refractivity contribution in [2.24, 2.45) is 0 Å². The summed E-state index contributed by atoms with van der Waals surface area (Å²) >= 11 is 0. The van der Waals surface area contributed by atoms with Crippen molar-refractivity contribution in [2.45, 2.75) is 341 Å². The molecule has 102 heavy (non-hydrogen) atoms. The van der Waals surface area contributed by atoms with Crippen molar-refractivity contribution < 1.29 is 80.2 Å². The standard InChI is InChI=1S/C83H142O17P2/c1-5-9-13-17-21-25-29-33-37-38-42-44-48-52-56-60-64-68-81(86)94-74-79(100-83(88)70-66-62-58-54-50-46-41-36-32-28-24-20-16-12-8-4)76-98-102(91,92)96-72-77(84)71-95-101(89,90)97-75-78(99-82(87)69-65-61-57-53-49-45-40-35-31-27-23-19-15-11-7-3)73-93-80(85)67-63-59-55-51-47-43-39-34-30-26-22-18-14-10-6-2/h21,25-28,30-37,39-42,44,52,56,77-79,84H,5-20,22-24,29,38,43,45-51,53-55,57-76H2,1-4H3,(H,89,90)(H,91,92)/b25-21-,30-26-,31-27-,32-28-,37-33-,39-34-,40-35-,41-36-,44-42-,56-52-/t77-,78-,79-/m1/s1. The normalized spacial score (nSPS) is 14.5. The van der Waals surface area contributed by atoms with E-state index < -0.39 is 97.5 Å². The number of allylic oxidation sites excluding steroid dienone is 20. The SMILES string of the molecule is CCCCC/C=C\C/C=C\C/C=C\C/C=C\CCCC(=O)OC[C@H](COP(=O)(O)OC[C@H](O)COP(=O)(O)OC[C@@H](COC(=O)CCCCCCC/C=C\C=C/CCCCCC)OC(=O)CCCCCCC/C=C\C=C/CCCCCC)OC(=O)CCCCCCC/C=C\C=C/CCCCCC. The smallest absolute Gasteiger partial charge is 0.462 e. The summed E-state index contributed by atoms with van der Waals surface area (Å²) in [7, 11) is -9.99. The van der Waals surface area contributed by atoms with E-state index >= 15 is 0 Å². The largest absolute Gasteiger partial charge is 0.472 e. The maximum Gasteiger partial charge on any atom is 0.472 e. The van der Waals surface area contributed by atoms with Crippen molar-refractivity contribution in [1.82, 2.24) is 0 Å². The number of carbonyl (C=O) groups excluding carboxylic acids is 4. The Balaban J connectivity index is 5.45. The van der Waals surface area contributed by atoms with Gasteiger partial charge in [0, 0.05) is 25.7 Å². The molecule has 0 amide bonds. The van der Waals surface area contributed by atoms with Gasteiger partial charge in [0.2, 0.25) is 0 Å². The maximum absolute atomic E-state index is 13.1. The maximum atomic E-state index is 13.1. The molecule has 0 radical (unpaired) electrons. The molecule has 0 bridgehead atoms. The average molecular weight is 1470 g/mol. The molecule has 2 unspecified atom stereocenters. The highest BCUT2D eigenvalue weighted by Gasteiger charge is 2.30. The number of phosphoric acid groups is 2. The van der Waals surface area contributed by atoms with Gasteiger partial charge in [0.25, 0.3) is 0 Å². The van der Waals surface area contributed by atoms with E-state index in [0.717, 1.165) is 141 Å². The lowest BCUT2D eigenvalue weighted by atomic mass is 10.1. The quantitative estimate of drug-likeness (QED) is 0.0128. The van der Waals surface area contributed by atoms with Crippen LogP contribution in [0.5, 0.6) is 0 Å². The van der Waals surface area contributed by atoms with E-state index in [9.17, 15) is 43.2 Å². The minimum absolute atomic E-state index is 0.0632. The Labute approximate surface area is 619 Å². The van der Waals surface area contributed by atoms with E-state index in [0.29, 0.717) is 32.1 Å². The molecule has 0 saturated heterocycles. The fourth-order valence-corrected chi connectivity index (χ4v) is 11.9. The van der Waals surface area contributed by atoms with Crippen LogP contribution >= 0.6 is 15.6 Å². The molecule has 0 rings (SSSR count). The minimum Gasteiger partial charge on any atom is -0.462 e. The number of hydrogen-bond acceptors (Lipinski definition) is 15. The number of unbranched alkanes of at least 4 members (excludes halogenated alkanes) is 31. The second kappa shape index (κ2) is 74.7. The number of hydrogen-bond donors (Lipinski definition) is 3. The molecule has 0 aliphatic carbocycles. The Morgan fingerprint density at radius 2 is 0.520 bits per heavy atom. The number of rotatable bonds is 74. The highest BCUT2D eigenvalue weighted by molar-refractivity contribution is 7.47. The predicted molar refractivity (Wildman–Crippen MR) is 418 cm³/mol. The zero-order valence-electron chi connectivity index (χ0n) is 64.0. The van der Waals surface area contributed by atoms with Crippen LogP contribution in [0.15, 0.2) is 122 Å². The zero-order valence-corrected chi connectivity index (χ0v) is 65.8. The molecule has 0 spiro atoms. The summed E-state index contributed by atoms with van der Waals surface area (Å²) in [6.45, 7) is 4.68. The van der Waals surface area contributed by atoms with E-state index in [1.807, 2.05) is 12.2 Å². The van der Waals surface area contributed by atoms with Gasteiger partial charge < -0.3 is 33.8 Å². The first kappa shape index (κ1) is 97.5. The molecule has 17 nitrogen and oxygen atoms in total. The van der Waals surface area contributed by atoms with E-state index in [2.05, 4.69) is 137 Å². The van der Waals surface area contributed by atoms with Crippen LogP contribution in [0, 0.1) is 0 Å². The molecule has 0 heterocycles. The minimum atomic E-state index is -5.00. The molecule has 5 atom stereocenters. The van der Waals surface area contributed by atoms with Gasteiger partial charge in [0.05, 0.1) is 26.4 Å². The molecule has 0 aliphatic rings. The third-order valence-electron chi connectivity index (χ3n) is 16.5. The van der Waals surface area contributed by atoms with Gasteiger partial charge in [-0.1, -0.05) is 278 Å². The molecule has 0 aromatic rings. The number of aliphatic hydroxyl groups is 1. The van der Waals surface area contributed by atoms with Gasteiger partial charge in [0.1, 0.15) is 19.3 Å². The molecular weight excluding hydrogens is 1330 g/mol. The highest BCUT2D eigenvalue weighted by Crippen LogP contribution is 2.45. The lowest BCUT2D eigenvalue weighted by Crippen LogP contribution is -2.30. The summed E-state index contributed by atoms with van der Waals surface area (Å²) in [4.78, 5) is 73.0. The van der Waals surface area contributed by atoms with Crippen LogP contribution in [-0.2, 0) is 65.4 Å². The van der Waals surface area contributed by atoms with Gasteiger partial charge in [-0.2, -0.15) is 0 Å². The summed E-state index contributed by atoms with van der Waals surface area (Å²) in [5.74, 6) is -2.29. The lowest BCUT2D eigenvalue weighted by Gasteiger charge is -2.21. The summed E-state index contributed by atoms with van der Waals surface area (Å²) in [6, 6.07) is 0. The fourth-order valence-electron chi connectivity index (χ4n) is 10.3. The zero-order chi connectivity index (χ0) is 74.6. The Hall–Kier alpha value is -4.54. The second-order valence-corrected chi connectivity index (χ2v) is 29.3. The van der Waals surface area contributed by atoms with Gasteiger partial charge in [-0.05, 0) is 141 Å². The molecule has 0 fully saturated rings. The van der Waals surface area contributed by atoms with Crippen molar-refractivity contribution in [3.05, 3.63) is 122 Å². The Bertz CT molecular complexity index is 2410. The first-order valence-corrected chi connectivity index (χ1v) is 42.8. The number of esters is 4. The second-order valence-electron chi connectivity index (χ2n) is 26.4. The number of phosphoric ester groups is 2. The highest BCUT2D eigenvalue weighted by atomic mass is 31.2. The van der Waals surface area contributed by atoms with Crippen LogP contribution in [0.1, 0.15) is 323 Å². The number of carbonyl (C=O) groups is 4. The van der Waals surface area contributed by atoms with Crippen LogP contribution in [0.25, 0.3) is 0 Å². The van der Waals surface area contributed by atoms with E-state index in [1.54, 1.807) is 0 Å². The van der Waals surface area contributed by atoms with Crippen LogP contribution in [-0.4, -0.2) is 96.7 Å². The molecule has 0 aromatic heterocycles. The topological polar surface area (TPSA) is 237 Å².